The van der Waals surface area contributed by atoms with Gasteiger partial charge in [0.15, 0.2) is 0 Å². The quantitative estimate of drug-likeness (QED) is 0.203. The van der Waals surface area contributed by atoms with Crippen molar-refractivity contribution in [3.05, 3.63) is 95.1 Å². The highest BCUT2D eigenvalue weighted by Gasteiger charge is 2.20. The molecular weight excluding hydrogens is 514 g/mol. The molecule has 212 valence electrons. The molecule has 1 aliphatic carbocycles. The highest BCUT2D eigenvalue weighted by Crippen LogP contribution is 2.41. The second-order valence-corrected chi connectivity index (χ2v) is 11.7. The fourth-order valence-electron chi connectivity index (χ4n) is 5.21. The predicted molar refractivity (Wildman–Crippen MR) is 169 cm³/mol. The van der Waals surface area contributed by atoms with Gasteiger partial charge in [-0.05, 0) is 108 Å². The fourth-order valence-corrected chi connectivity index (χ4v) is 6.16. The molecule has 0 unspecified atom stereocenters. The van der Waals surface area contributed by atoms with E-state index in [0.717, 1.165) is 69.4 Å². The molecule has 40 heavy (non-hydrogen) atoms. The standard InChI is InChI=1S/C35H43NO3S/c1-3-4-22-36(2)34(38)26-40-24-10-6-9-23-39-31-19-16-28(17-20-31)35-32(27-12-7-5-8-13-27)15-11-14-29-25-30(37)18-21-33(29)35/h5,7-8,12-13,16-21,25,37H,3-4,6,9-11,14-15,22-24,26H2,1-2H3. The number of carbonyl (C=O) groups excluding carboxylic acids is 1. The van der Waals surface area contributed by atoms with E-state index in [-0.39, 0.29) is 5.91 Å². The van der Waals surface area contributed by atoms with Crippen LogP contribution in [0.25, 0.3) is 11.1 Å². The molecule has 0 saturated carbocycles. The third kappa shape index (κ3) is 8.41. The summed E-state index contributed by atoms with van der Waals surface area (Å²) in [5.74, 6) is 3.05. The zero-order valence-electron chi connectivity index (χ0n) is 24.0. The Morgan fingerprint density at radius 1 is 0.925 bits per heavy atom. The number of hydrogen-bond acceptors (Lipinski definition) is 4. The molecule has 1 aliphatic rings. The molecule has 3 aromatic carbocycles. The summed E-state index contributed by atoms with van der Waals surface area (Å²) in [5, 5.41) is 10.1. The maximum absolute atomic E-state index is 12.1. The highest BCUT2D eigenvalue weighted by atomic mass is 32.2. The zero-order chi connectivity index (χ0) is 28.2. The average Bonchev–Trinajstić information content (AvgIpc) is 3.17. The summed E-state index contributed by atoms with van der Waals surface area (Å²) in [4.78, 5) is 14.0. The number of rotatable bonds is 14. The minimum absolute atomic E-state index is 0.238. The number of aromatic hydroxyl groups is 1. The molecule has 0 aromatic heterocycles. The number of phenolic OH excluding ortho intramolecular Hbond substituents is 1. The second kappa shape index (κ2) is 15.6. The minimum Gasteiger partial charge on any atom is -0.508 e. The number of unbranched alkanes of at least 4 members (excludes halogenated alkanes) is 3. The van der Waals surface area contributed by atoms with E-state index in [4.69, 9.17) is 4.74 Å². The van der Waals surface area contributed by atoms with Crippen LogP contribution in [-0.2, 0) is 11.2 Å². The van der Waals surface area contributed by atoms with Crippen LogP contribution in [0.5, 0.6) is 11.5 Å². The van der Waals surface area contributed by atoms with Crippen molar-refractivity contribution in [3.8, 4) is 11.5 Å². The number of ether oxygens (including phenoxy) is 1. The van der Waals surface area contributed by atoms with Gasteiger partial charge >= 0.3 is 0 Å². The topological polar surface area (TPSA) is 49.8 Å². The van der Waals surface area contributed by atoms with Gasteiger partial charge in [-0.15, -0.1) is 0 Å². The van der Waals surface area contributed by atoms with Gasteiger partial charge in [-0.3, -0.25) is 4.79 Å². The van der Waals surface area contributed by atoms with Gasteiger partial charge in [0.25, 0.3) is 0 Å². The Bertz CT molecular complexity index is 1250. The normalized spacial score (nSPS) is 13.1. The first kappa shape index (κ1) is 29.8. The molecule has 4 rings (SSSR count). The number of allylic oxidation sites excluding steroid dienone is 1. The number of thioether (sulfide) groups is 1. The van der Waals surface area contributed by atoms with Crippen LogP contribution in [0.4, 0.5) is 0 Å². The number of fused-ring (bicyclic) bond motifs is 1. The monoisotopic (exact) mass is 557 g/mol. The zero-order valence-corrected chi connectivity index (χ0v) is 24.8. The lowest BCUT2D eigenvalue weighted by Gasteiger charge is -2.17. The van der Waals surface area contributed by atoms with E-state index in [1.807, 2.05) is 18.0 Å². The summed E-state index contributed by atoms with van der Waals surface area (Å²) in [6.07, 6.45) is 8.40. The highest BCUT2D eigenvalue weighted by molar-refractivity contribution is 7.99. The number of phenols is 1. The first-order valence-electron chi connectivity index (χ1n) is 14.7. The van der Waals surface area contributed by atoms with Gasteiger partial charge in [0.1, 0.15) is 11.5 Å². The number of benzene rings is 3. The molecule has 3 aromatic rings. The van der Waals surface area contributed by atoms with E-state index < -0.39 is 0 Å². The largest absolute Gasteiger partial charge is 0.508 e. The molecule has 1 amide bonds. The smallest absolute Gasteiger partial charge is 0.232 e. The van der Waals surface area contributed by atoms with Crippen molar-refractivity contribution in [2.45, 2.75) is 58.3 Å². The van der Waals surface area contributed by atoms with E-state index in [1.165, 1.54) is 33.4 Å². The van der Waals surface area contributed by atoms with Gasteiger partial charge in [-0.1, -0.05) is 61.9 Å². The molecule has 4 nitrogen and oxygen atoms in total. The third-order valence-electron chi connectivity index (χ3n) is 7.50. The van der Waals surface area contributed by atoms with Crippen molar-refractivity contribution in [3.63, 3.8) is 0 Å². The number of carbonyl (C=O) groups is 1. The van der Waals surface area contributed by atoms with Crippen molar-refractivity contribution in [2.75, 3.05) is 31.7 Å². The molecule has 0 heterocycles. The Labute approximate surface area is 244 Å². The van der Waals surface area contributed by atoms with Crippen LogP contribution in [-0.4, -0.2) is 47.6 Å². The Kier molecular flexibility index (Phi) is 11.6. The van der Waals surface area contributed by atoms with Gasteiger partial charge in [0.05, 0.1) is 12.4 Å². The molecular formula is C35H43NO3S. The SMILES string of the molecule is CCCCN(C)C(=O)CSCCCCCOc1ccc(C2=C(c3ccccc3)CCCc3cc(O)ccc32)cc1. The maximum Gasteiger partial charge on any atom is 0.232 e. The number of amides is 1. The van der Waals surface area contributed by atoms with Gasteiger partial charge in [0.2, 0.25) is 5.91 Å². The Balaban J connectivity index is 1.31. The number of aryl methyl sites for hydroxylation is 1. The second-order valence-electron chi connectivity index (χ2n) is 10.6. The molecule has 1 N–H and O–H groups in total. The van der Waals surface area contributed by atoms with E-state index >= 15 is 0 Å². The van der Waals surface area contributed by atoms with Crippen LogP contribution in [0, 0.1) is 0 Å². The lowest BCUT2D eigenvalue weighted by atomic mass is 9.88. The molecule has 0 fully saturated rings. The first-order chi connectivity index (χ1) is 19.6. The van der Waals surface area contributed by atoms with Crippen LogP contribution in [0.1, 0.15) is 74.1 Å². The van der Waals surface area contributed by atoms with E-state index in [2.05, 4.69) is 67.6 Å². The Morgan fingerprint density at radius 2 is 1.73 bits per heavy atom. The molecule has 0 atom stereocenters. The summed E-state index contributed by atoms with van der Waals surface area (Å²) < 4.78 is 6.07. The lowest BCUT2D eigenvalue weighted by Crippen LogP contribution is -2.29. The number of hydrogen-bond donors (Lipinski definition) is 1. The number of nitrogens with zero attached hydrogens (tertiary/aromatic N) is 1. The van der Waals surface area contributed by atoms with Crippen molar-refractivity contribution in [2.24, 2.45) is 0 Å². The predicted octanol–water partition coefficient (Wildman–Crippen LogP) is 8.23. The van der Waals surface area contributed by atoms with Crippen molar-refractivity contribution in [1.29, 1.82) is 0 Å². The molecule has 0 radical (unpaired) electrons. The van der Waals surface area contributed by atoms with Crippen LogP contribution in [0.3, 0.4) is 0 Å². The van der Waals surface area contributed by atoms with E-state index in [9.17, 15) is 9.90 Å². The first-order valence-corrected chi connectivity index (χ1v) is 15.9. The summed E-state index contributed by atoms with van der Waals surface area (Å²) in [7, 11) is 1.91. The van der Waals surface area contributed by atoms with Crippen molar-refractivity contribution < 1.29 is 14.6 Å². The van der Waals surface area contributed by atoms with Crippen molar-refractivity contribution >= 4 is 28.8 Å². The van der Waals surface area contributed by atoms with Crippen LogP contribution >= 0.6 is 11.8 Å². The molecule has 5 heteroatoms. The minimum atomic E-state index is 0.238. The lowest BCUT2D eigenvalue weighted by molar-refractivity contribution is -0.127. The van der Waals surface area contributed by atoms with Crippen LogP contribution in [0.15, 0.2) is 72.8 Å². The summed E-state index contributed by atoms with van der Waals surface area (Å²) in [5.41, 5.74) is 7.43. The van der Waals surface area contributed by atoms with E-state index in [1.54, 1.807) is 17.8 Å². The average molecular weight is 558 g/mol. The molecule has 0 aliphatic heterocycles. The summed E-state index contributed by atoms with van der Waals surface area (Å²) in [6, 6.07) is 24.9. The maximum atomic E-state index is 12.1. The van der Waals surface area contributed by atoms with Gasteiger partial charge in [-0.2, -0.15) is 11.8 Å². The van der Waals surface area contributed by atoms with Crippen LogP contribution in [0.2, 0.25) is 0 Å². The molecule has 0 saturated heterocycles. The van der Waals surface area contributed by atoms with Crippen molar-refractivity contribution in [1.82, 2.24) is 4.90 Å². The Morgan fingerprint density at radius 3 is 2.50 bits per heavy atom. The van der Waals surface area contributed by atoms with Gasteiger partial charge < -0.3 is 14.7 Å². The van der Waals surface area contributed by atoms with Gasteiger partial charge in [-0.25, -0.2) is 0 Å². The van der Waals surface area contributed by atoms with Gasteiger partial charge in [0, 0.05) is 13.6 Å². The van der Waals surface area contributed by atoms with E-state index in [0.29, 0.717) is 18.1 Å². The molecule has 0 bridgehead atoms. The summed E-state index contributed by atoms with van der Waals surface area (Å²) in [6.45, 7) is 3.71. The summed E-state index contributed by atoms with van der Waals surface area (Å²) >= 11 is 1.74. The fraction of sp³-hybridized carbons (Fsp3) is 0.400. The molecule has 0 spiro atoms. The Hall–Kier alpha value is -3.18. The van der Waals surface area contributed by atoms with Crippen LogP contribution < -0.4 is 4.74 Å². The third-order valence-corrected chi connectivity index (χ3v) is 8.53.